The summed E-state index contributed by atoms with van der Waals surface area (Å²) in [7, 11) is 0. The third-order valence-corrected chi connectivity index (χ3v) is 3.40. The fourth-order valence-corrected chi connectivity index (χ4v) is 2.24. The molecule has 0 amide bonds. The Balaban J connectivity index is 1.76. The van der Waals surface area contributed by atoms with E-state index in [0.717, 1.165) is 25.7 Å². The highest BCUT2D eigenvalue weighted by Crippen LogP contribution is 2.16. The number of unbranched alkanes of at least 4 members (excludes halogenated alkanes) is 1. The van der Waals surface area contributed by atoms with Gasteiger partial charge in [0.2, 0.25) is 12.2 Å². The molecule has 0 aromatic heterocycles. The lowest BCUT2D eigenvalue weighted by Crippen LogP contribution is -1.89. The van der Waals surface area contributed by atoms with E-state index in [1.165, 1.54) is 23.3 Å². The lowest BCUT2D eigenvalue weighted by atomic mass is 10.0. The molecule has 0 aliphatic rings. The van der Waals surface area contributed by atoms with Gasteiger partial charge in [-0.2, -0.15) is 9.98 Å². The van der Waals surface area contributed by atoms with Gasteiger partial charge in [-0.3, -0.25) is 0 Å². The van der Waals surface area contributed by atoms with E-state index >= 15 is 0 Å². The standard InChI is InChI=1S/C18H16N2O2/c21-13-19-17-9-5-15(6-10-17)3-1-2-4-16-7-11-18(12-8-16)20-14-22/h5-12H,1-4H2. The molecule has 0 aliphatic heterocycles. The van der Waals surface area contributed by atoms with Crippen molar-refractivity contribution >= 4 is 23.5 Å². The molecule has 0 bridgehead atoms. The van der Waals surface area contributed by atoms with Crippen molar-refractivity contribution in [2.45, 2.75) is 25.7 Å². The van der Waals surface area contributed by atoms with E-state index in [2.05, 4.69) is 9.98 Å². The van der Waals surface area contributed by atoms with Gasteiger partial charge in [-0.25, -0.2) is 9.59 Å². The lowest BCUT2D eigenvalue weighted by molar-refractivity contribution is 0.564. The Bertz CT molecular complexity index is 629. The first kappa shape index (κ1) is 15.6. The molecule has 110 valence electrons. The van der Waals surface area contributed by atoms with E-state index in [9.17, 15) is 9.59 Å². The molecule has 0 radical (unpaired) electrons. The predicted octanol–water partition coefficient (Wildman–Crippen LogP) is 4.19. The summed E-state index contributed by atoms with van der Waals surface area (Å²) in [6.07, 6.45) is 7.24. The molecule has 0 atom stereocenters. The molecule has 2 aromatic carbocycles. The third kappa shape index (κ3) is 4.95. The maximum Gasteiger partial charge on any atom is 0.240 e. The summed E-state index contributed by atoms with van der Waals surface area (Å²) in [6.45, 7) is 0. The molecule has 0 unspecified atom stereocenters. The van der Waals surface area contributed by atoms with Gasteiger partial charge in [0.05, 0.1) is 11.4 Å². The van der Waals surface area contributed by atoms with Crippen LogP contribution in [0, 0.1) is 0 Å². The molecular weight excluding hydrogens is 276 g/mol. The minimum Gasteiger partial charge on any atom is -0.211 e. The van der Waals surface area contributed by atoms with Crippen LogP contribution >= 0.6 is 0 Å². The van der Waals surface area contributed by atoms with Crippen LogP contribution in [0.3, 0.4) is 0 Å². The van der Waals surface area contributed by atoms with Crippen molar-refractivity contribution < 1.29 is 9.59 Å². The minimum absolute atomic E-state index is 0.636. The number of isocyanates is 2. The highest BCUT2D eigenvalue weighted by atomic mass is 16.1. The summed E-state index contributed by atoms with van der Waals surface area (Å²) in [5, 5.41) is 0. The van der Waals surface area contributed by atoms with Gasteiger partial charge in [0.15, 0.2) is 0 Å². The Morgan fingerprint density at radius 1 is 0.636 bits per heavy atom. The van der Waals surface area contributed by atoms with Crippen LogP contribution in [0.5, 0.6) is 0 Å². The van der Waals surface area contributed by atoms with Crippen LogP contribution in [0.2, 0.25) is 0 Å². The van der Waals surface area contributed by atoms with Crippen molar-refractivity contribution in [3.63, 3.8) is 0 Å². The van der Waals surface area contributed by atoms with Crippen LogP contribution in [0.4, 0.5) is 11.4 Å². The van der Waals surface area contributed by atoms with Gasteiger partial charge in [0, 0.05) is 0 Å². The largest absolute Gasteiger partial charge is 0.240 e. The number of aliphatic imine (C=N–C) groups is 2. The molecule has 0 heterocycles. The summed E-state index contributed by atoms with van der Waals surface area (Å²) < 4.78 is 0. The number of carbonyl (C=O) groups excluding carboxylic acids is 2. The SMILES string of the molecule is O=C=Nc1ccc(CCCCc2ccc(N=C=O)cc2)cc1. The first-order chi connectivity index (χ1) is 10.8. The summed E-state index contributed by atoms with van der Waals surface area (Å²) in [5.74, 6) is 0. The van der Waals surface area contributed by atoms with Crippen LogP contribution in [-0.4, -0.2) is 12.2 Å². The predicted molar refractivity (Wildman–Crippen MR) is 85.1 cm³/mol. The first-order valence-electron chi connectivity index (χ1n) is 7.15. The number of benzene rings is 2. The second-order valence-electron chi connectivity index (χ2n) is 4.95. The normalized spacial score (nSPS) is 9.64. The number of aryl methyl sites for hydroxylation is 2. The van der Waals surface area contributed by atoms with Crippen molar-refractivity contribution in [3.8, 4) is 0 Å². The topological polar surface area (TPSA) is 58.9 Å². The number of hydrogen-bond donors (Lipinski definition) is 0. The Morgan fingerprint density at radius 3 is 1.32 bits per heavy atom. The molecule has 0 fully saturated rings. The van der Waals surface area contributed by atoms with Crippen LogP contribution in [-0.2, 0) is 22.4 Å². The second kappa shape index (κ2) is 8.48. The van der Waals surface area contributed by atoms with Crippen molar-refractivity contribution in [2.75, 3.05) is 0 Å². The molecule has 0 saturated carbocycles. The highest BCUT2D eigenvalue weighted by Gasteiger charge is 1.97. The van der Waals surface area contributed by atoms with Crippen molar-refractivity contribution in [1.82, 2.24) is 0 Å². The number of rotatable bonds is 7. The molecule has 0 aliphatic carbocycles. The zero-order valence-corrected chi connectivity index (χ0v) is 12.2. The molecule has 0 spiro atoms. The highest BCUT2D eigenvalue weighted by molar-refractivity contribution is 5.49. The monoisotopic (exact) mass is 292 g/mol. The summed E-state index contributed by atoms with van der Waals surface area (Å²) in [5.41, 5.74) is 3.75. The van der Waals surface area contributed by atoms with E-state index in [0.29, 0.717) is 11.4 Å². The maximum absolute atomic E-state index is 10.1. The first-order valence-corrected chi connectivity index (χ1v) is 7.15. The maximum atomic E-state index is 10.1. The van der Waals surface area contributed by atoms with E-state index in [1.807, 2.05) is 48.5 Å². The summed E-state index contributed by atoms with van der Waals surface area (Å²) in [4.78, 5) is 27.4. The second-order valence-corrected chi connectivity index (χ2v) is 4.95. The van der Waals surface area contributed by atoms with Gasteiger partial charge in [-0.05, 0) is 61.1 Å². The lowest BCUT2D eigenvalue weighted by Gasteiger charge is -2.03. The Kier molecular flexibility index (Phi) is 6.01. The average Bonchev–Trinajstić information content (AvgIpc) is 2.55. The number of hydrogen-bond acceptors (Lipinski definition) is 4. The zero-order chi connectivity index (χ0) is 15.6. The molecular formula is C18H16N2O2. The molecule has 2 aromatic rings. The van der Waals surface area contributed by atoms with Crippen LogP contribution < -0.4 is 0 Å². The Labute approximate surface area is 129 Å². The average molecular weight is 292 g/mol. The minimum atomic E-state index is 0.636. The molecule has 2 rings (SSSR count). The third-order valence-electron chi connectivity index (χ3n) is 3.40. The van der Waals surface area contributed by atoms with Gasteiger partial charge >= 0.3 is 0 Å². The van der Waals surface area contributed by atoms with Crippen molar-refractivity contribution in [3.05, 3.63) is 59.7 Å². The molecule has 0 N–H and O–H groups in total. The van der Waals surface area contributed by atoms with E-state index in [-0.39, 0.29) is 0 Å². The van der Waals surface area contributed by atoms with E-state index in [1.54, 1.807) is 0 Å². The van der Waals surface area contributed by atoms with Crippen LogP contribution in [0.1, 0.15) is 24.0 Å². The molecule has 0 saturated heterocycles. The van der Waals surface area contributed by atoms with Crippen LogP contribution in [0.25, 0.3) is 0 Å². The molecule has 22 heavy (non-hydrogen) atoms. The summed E-state index contributed by atoms with van der Waals surface area (Å²) >= 11 is 0. The van der Waals surface area contributed by atoms with E-state index in [4.69, 9.17) is 0 Å². The van der Waals surface area contributed by atoms with Gasteiger partial charge in [0.25, 0.3) is 0 Å². The van der Waals surface area contributed by atoms with Gasteiger partial charge in [-0.15, -0.1) is 0 Å². The number of nitrogens with zero attached hydrogens (tertiary/aromatic N) is 2. The van der Waals surface area contributed by atoms with Gasteiger partial charge < -0.3 is 0 Å². The molecule has 4 heteroatoms. The Hall–Kier alpha value is -2.80. The zero-order valence-electron chi connectivity index (χ0n) is 12.2. The summed E-state index contributed by atoms with van der Waals surface area (Å²) in [6, 6.07) is 15.3. The fraction of sp³-hybridized carbons (Fsp3) is 0.222. The van der Waals surface area contributed by atoms with Crippen molar-refractivity contribution in [1.29, 1.82) is 0 Å². The smallest absolute Gasteiger partial charge is 0.211 e. The van der Waals surface area contributed by atoms with Crippen molar-refractivity contribution in [2.24, 2.45) is 9.98 Å². The van der Waals surface area contributed by atoms with Gasteiger partial charge in [0.1, 0.15) is 0 Å². The van der Waals surface area contributed by atoms with Crippen LogP contribution in [0.15, 0.2) is 58.5 Å². The fourth-order valence-electron chi connectivity index (χ4n) is 2.24. The quantitative estimate of drug-likeness (QED) is 0.436. The van der Waals surface area contributed by atoms with Gasteiger partial charge in [-0.1, -0.05) is 24.3 Å². The Morgan fingerprint density at radius 2 is 1.00 bits per heavy atom. The van der Waals surface area contributed by atoms with E-state index < -0.39 is 0 Å². The molecule has 4 nitrogen and oxygen atoms in total.